The second kappa shape index (κ2) is 4.51. The van der Waals surface area contributed by atoms with Crippen molar-refractivity contribution >= 4 is 21.6 Å². The second-order valence-electron chi connectivity index (χ2n) is 3.97. The molecule has 4 nitrogen and oxygen atoms in total. The topological polar surface area (TPSA) is 56.2 Å². The van der Waals surface area contributed by atoms with Crippen LogP contribution in [0.25, 0.3) is 17.0 Å². The maximum Gasteiger partial charge on any atom is 0.168 e. The molecular formula is C13H11BrN4. The maximum atomic E-state index is 5.70. The highest BCUT2D eigenvalue weighted by molar-refractivity contribution is 9.10. The number of halogens is 1. The van der Waals surface area contributed by atoms with E-state index in [2.05, 4.69) is 26.1 Å². The minimum Gasteiger partial charge on any atom is -0.326 e. The summed E-state index contributed by atoms with van der Waals surface area (Å²) < 4.78 is 2.98. The summed E-state index contributed by atoms with van der Waals surface area (Å²) in [6.07, 6.45) is 1.95. The van der Waals surface area contributed by atoms with Gasteiger partial charge in [-0.3, -0.25) is 4.40 Å². The van der Waals surface area contributed by atoms with Gasteiger partial charge in [-0.2, -0.15) is 0 Å². The largest absolute Gasteiger partial charge is 0.326 e. The fourth-order valence-electron chi connectivity index (χ4n) is 1.96. The Labute approximate surface area is 113 Å². The average molecular weight is 303 g/mol. The molecule has 0 saturated heterocycles. The molecule has 3 rings (SSSR count). The monoisotopic (exact) mass is 302 g/mol. The molecule has 2 heterocycles. The van der Waals surface area contributed by atoms with Gasteiger partial charge < -0.3 is 5.73 Å². The standard InChI is InChI=1S/C13H11BrN4/c14-11-5-1-3-9(7-11)12-16-17-13-10(8-15)4-2-6-18(12)13/h1-7H,8,15H2. The lowest BCUT2D eigenvalue weighted by atomic mass is 10.2. The zero-order valence-electron chi connectivity index (χ0n) is 9.55. The Morgan fingerprint density at radius 3 is 2.83 bits per heavy atom. The molecule has 1 aromatic carbocycles. The summed E-state index contributed by atoms with van der Waals surface area (Å²) in [4.78, 5) is 0. The predicted octanol–water partition coefficient (Wildman–Crippen LogP) is 2.62. The van der Waals surface area contributed by atoms with Gasteiger partial charge in [0.15, 0.2) is 11.5 Å². The van der Waals surface area contributed by atoms with E-state index in [9.17, 15) is 0 Å². The molecule has 0 bridgehead atoms. The molecule has 5 heteroatoms. The van der Waals surface area contributed by atoms with Crippen LogP contribution in [0.1, 0.15) is 5.56 Å². The lowest BCUT2D eigenvalue weighted by molar-refractivity contribution is 1.04. The lowest BCUT2D eigenvalue weighted by Crippen LogP contribution is -2.00. The van der Waals surface area contributed by atoms with Crippen molar-refractivity contribution in [1.82, 2.24) is 14.6 Å². The van der Waals surface area contributed by atoms with Gasteiger partial charge in [0.2, 0.25) is 0 Å². The molecule has 3 aromatic rings. The SMILES string of the molecule is NCc1cccn2c(-c3cccc(Br)c3)nnc12. The molecule has 0 spiro atoms. The molecule has 0 saturated carbocycles. The van der Waals surface area contributed by atoms with E-state index in [4.69, 9.17) is 5.73 Å². The van der Waals surface area contributed by atoms with Crippen molar-refractivity contribution in [3.05, 3.63) is 52.6 Å². The molecule has 0 aliphatic rings. The number of nitrogens with two attached hydrogens (primary N) is 1. The molecule has 0 aliphatic heterocycles. The zero-order chi connectivity index (χ0) is 12.5. The Morgan fingerprint density at radius 2 is 2.06 bits per heavy atom. The number of fused-ring (bicyclic) bond motifs is 1. The predicted molar refractivity (Wildman–Crippen MR) is 74.0 cm³/mol. The molecular weight excluding hydrogens is 292 g/mol. The van der Waals surface area contributed by atoms with Crippen molar-refractivity contribution in [2.24, 2.45) is 5.73 Å². The third kappa shape index (κ3) is 1.81. The van der Waals surface area contributed by atoms with Crippen LogP contribution in [0.3, 0.4) is 0 Å². The van der Waals surface area contributed by atoms with E-state index in [0.717, 1.165) is 27.1 Å². The Bertz CT molecular complexity index is 705. The van der Waals surface area contributed by atoms with E-state index < -0.39 is 0 Å². The third-order valence-corrected chi connectivity index (χ3v) is 3.31. The fourth-order valence-corrected chi connectivity index (χ4v) is 2.35. The average Bonchev–Trinajstić information content (AvgIpc) is 2.82. The molecule has 0 fully saturated rings. The first-order valence-electron chi connectivity index (χ1n) is 5.58. The van der Waals surface area contributed by atoms with Gasteiger partial charge in [0.25, 0.3) is 0 Å². The van der Waals surface area contributed by atoms with Crippen LogP contribution in [-0.4, -0.2) is 14.6 Å². The molecule has 2 N–H and O–H groups in total. The van der Waals surface area contributed by atoms with E-state index in [-0.39, 0.29) is 0 Å². The zero-order valence-corrected chi connectivity index (χ0v) is 11.1. The van der Waals surface area contributed by atoms with Crippen molar-refractivity contribution in [2.45, 2.75) is 6.54 Å². The Balaban J connectivity index is 2.25. The highest BCUT2D eigenvalue weighted by atomic mass is 79.9. The van der Waals surface area contributed by atoms with E-state index in [1.807, 2.05) is 47.0 Å². The Morgan fingerprint density at radius 1 is 1.17 bits per heavy atom. The molecule has 2 aromatic heterocycles. The summed E-state index contributed by atoms with van der Waals surface area (Å²) in [6.45, 7) is 0.459. The van der Waals surface area contributed by atoms with E-state index in [1.54, 1.807) is 0 Å². The van der Waals surface area contributed by atoms with Crippen LogP contribution in [0.4, 0.5) is 0 Å². The smallest absolute Gasteiger partial charge is 0.168 e. The van der Waals surface area contributed by atoms with Crippen LogP contribution in [0.5, 0.6) is 0 Å². The summed E-state index contributed by atoms with van der Waals surface area (Å²) in [5, 5.41) is 8.47. The minimum absolute atomic E-state index is 0.459. The fraction of sp³-hybridized carbons (Fsp3) is 0.0769. The van der Waals surface area contributed by atoms with Gasteiger partial charge in [0.1, 0.15) is 0 Å². The molecule has 0 unspecified atom stereocenters. The second-order valence-corrected chi connectivity index (χ2v) is 4.88. The molecule has 0 aliphatic carbocycles. The minimum atomic E-state index is 0.459. The van der Waals surface area contributed by atoms with Crippen LogP contribution in [0.15, 0.2) is 47.1 Å². The van der Waals surface area contributed by atoms with Crippen LogP contribution >= 0.6 is 15.9 Å². The highest BCUT2D eigenvalue weighted by Crippen LogP contribution is 2.22. The number of benzene rings is 1. The summed E-state index contributed by atoms with van der Waals surface area (Å²) in [5.74, 6) is 0.821. The van der Waals surface area contributed by atoms with Crippen LogP contribution in [-0.2, 0) is 6.54 Å². The van der Waals surface area contributed by atoms with Crippen molar-refractivity contribution < 1.29 is 0 Å². The first-order valence-corrected chi connectivity index (χ1v) is 6.37. The maximum absolute atomic E-state index is 5.70. The van der Waals surface area contributed by atoms with Gasteiger partial charge in [0, 0.05) is 28.3 Å². The number of aromatic nitrogens is 3. The van der Waals surface area contributed by atoms with Crippen LogP contribution in [0.2, 0.25) is 0 Å². The Kier molecular flexibility index (Phi) is 2.85. The normalized spacial score (nSPS) is 11.0. The van der Waals surface area contributed by atoms with Crippen molar-refractivity contribution in [1.29, 1.82) is 0 Å². The number of nitrogens with zero attached hydrogens (tertiary/aromatic N) is 3. The molecule has 0 atom stereocenters. The highest BCUT2D eigenvalue weighted by Gasteiger charge is 2.10. The quantitative estimate of drug-likeness (QED) is 0.792. The van der Waals surface area contributed by atoms with Gasteiger partial charge in [-0.25, -0.2) is 0 Å². The van der Waals surface area contributed by atoms with Gasteiger partial charge in [0.05, 0.1) is 0 Å². The summed E-state index contributed by atoms with van der Waals surface area (Å²) >= 11 is 3.46. The van der Waals surface area contributed by atoms with Crippen molar-refractivity contribution in [3.8, 4) is 11.4 Å². The first-order chi connectivity index (χ1) is 8.79. The lowest BCUT2D eigenvalue weighted by Gasteiger charge is -2.02. The number of rotatable bonds is 2. The van der Waals surface area contributed by atoms with Gasteiger partial charge in [-0.05, 0) is 18.2 Å². The van der Waals surface area contributed by atoms with Crippen LogP contribution in [0, 0.1) is 0 Å². The Hall–Kier alpha value is -1.72. The number of hydrogen-bond donors (Lipinski definition) is 1. The summed E-state index contributed by atoms with van der Waals surface area (Å²) in [6, 6.07) is 11.9. The number of hydrogen-bond acceptors (Lipinski definition) is 3. The van der Waals surface area contributed by atoms with Crippen molar-refractivity contribution in [3.63, 3.8) is 0 Å². The number of pyridine rings is 1. The van der Waals surface area contributed by atoms with Gasteiger partial charge in [-0.15, -0.1) is 10.2 Å². The van der Waals surface area contributed by atoms with E-state index in [1.165, 1.54) is 0 Å². The van der Waals surface area contributed by atoms with E-state index in [0.29, 0.717) is 6.54 Å². The third-order valence-electron chi connectivity index (χ3n) is 2.82. The molecule has 0 radical (unpaired) electrons. The van der Waals surface area contributed by atoms with Gasteiger partial charge in [-0.1, -0.05) is 34.1 Å². The first kappa shape index (κ1) is 11.4. The summed E-state index contributed by atoms with van der Waals surface area (Å²) in [7, 11) is 0. The van der Waals surface area contributed by atoms with Gasteiger partial charge >= 0.3 is 0 Å². The van der Waals surface area contributed by atoms with E-state index >= 15 is 0 Å². The molecule has 0 amide bonds. The molecule has 90 valence electrons. The molecule has 18 heavy (non-hydrogen) atoms. The van der Waals surface area contributed by atoms with Crippen molar-refractivity contribution in [2.75, 3.05) is 0 Å². The van der Waals surface area contributed by atoms with Crippen LogP contribution < -0.4 is 5.73 Å². The summed E-state index contributed by atoms with van der Waals surface area (Å²) in [5.41, 5.74) is 8.53.